The van der Waals surface area contributed by atoms with Crippen molar-refractivity contribution in [3.8, 4) is 0 Å². The number of fused-ring (bicyclic) bond motifs is 1. The van der Waals surface area contributed by atoms with E-state index in [0.29, 0.717) is 111 Å². The molecule has 11 heterocycles. The van der Waals surface area contributed by atoms with Crippen LogP contribution in [0.15, 0.2) is 0 Å². The molecule has 3 unspecified atom stereocenters. The van der Waals surface area contributed by atoms with Gasteiger partial charge in [-0.2, -0.15) is 0 Å². The number of morpholine rings is 1. The van der Waals surface area contributed by atoms with Crippen molar-refractivity contribution in [1.29, 1.82) is 0 Å². The maximum Gasteiger partial charge on any atom is 0.118 e. The van der Waals surface area contributed by atoms with Gasteiger partial charge in [-0.1, -0.05) is 0 Å². The van der Waals surface area contributed by atoms with Crippen molar-refractivity contribution in [2.24, 2.45) is 22.6 Å². The fourth-order valence-corrected chi connectivity index (χ4v) is 24.8. The quantitative estimate of drug-likeness (QED) is 0.111. The third-order valence-corrected chi connectivity index (χ3v) is 28.4. The Kier molecular flexibility index (Phi) is 42.5. The van der Waals surface area contributed by atoms with E-state index in [1.807, 2.05) is 28.2 Å². The Hall–Kier alpha value is -1.25. The van der Waals surface area contributed by atoms with Gasteiger partial charge in [0, 0.05) is 215 Å². The van der Waals surface area contributed by atoms with Crippen molar-refractivity contribution >= 4 is 0 Å². The van der Waals surface area contributed by atoms with Crippen LogP contribution in [-0.2, 0) is 4.74 Å². The second kappa shape index (κ2) is 46.6. The molecular formula is C97H197F7N18O. The van der Waals surface area contributed by atoms with Gasteiger partial charge in [-0.3, -0.25) is 53.9 Å². The number of ether oxygens (including phenoxy) is 1. The van der Waals surface area contributed by atoms with Crippen LogP contribution in [0.5, 0.6) is 0 Å². The molecule has 8 N–H and O–H groups in total. The molecule has 1 aliphatic carbocycles. The van der Waals surface area contributed by atoms with Crippen LogP contribution >= 0.6 is 0 Å². The number of rotatable bonds is 13. The summed E-state index contributed by atoms with van der Waals surface area (Å²) in [5.74, 6) is 0. The molecule has 12 aliphatic rings. The molecule has 26 heteroatoms. The van der Waals surface area contributed by atoms with E-state index >= 15 is 0 Å². The largest absolute Gasteiger partial charge is 0.379 e. The van der Waals surface area contributed by atoms with Gasteiger partial charge in [-0.15, -0.1) is 0 Å². The predicted octanol–water partition coefficient (Wildman–Crippen LogP) is 13.9. The third-order valence-electron chi connectivity index (χ3n) is 28.4. The van der Waals surface area contributed by atoms with Crippen LogP contribution in [0.25, 0.3) is 0 Å². The average Bonchev–Trinajstić information content (AvgIpc) is 1.54. The summed E-state index contributed by atoms with van der Waals surface area (Å²) < 4.78 is 103. The van der Waals surface area contributed by atoms with Gasteiger partial charge in [0.25, 0.3) is 0 Å². The highest BCUT2D eigenvalue weighted by molar-refractivity contribution is 5.19. The number of piperidine rings is 1. The highest BCUT2D eigenvalue weighted by atomic mass is 19.2. The standard InChI is InChI=1S/2C14H28FN3.C14H27FN2O.2C12H25FN2.C11H22N2.2C10H21FN2/c2*1-11-9-12(15)13(18(11)14(2,3)4)10-17-7-5-16-6-8-17;1-11-9-12(15)13(17(11)14(2,3)4)10-16-5-7-18-8-6-16;2*1-9-7-10(13)11(8-14(5)6)15(9)12(2,3)4;1-8-5-11(7-12)6-9(11)13(8)10(2,3)4;2*1-7-5-8(11)9(6-12)13(7)10(2,3)4/h2*11-13,16H,5-10H2,1-4H3;11-13H,5-10H2,1-4H3;2*9-11H,7-8H2,1-6H3;8-9H,5-7,12H2,1-4H3;2*7-9H,5-6,12H2,1-4H3/t11-,12-,13+;11-,12-,13-;11-,12-,13+;9-,10-,11?;9-,10-,11-;8-,9?,11+;7-,8-,9?;7-,8-,9-/m11111111/s1. The molecule has 0 amide bonds. The first-order chi connectivity index (χ1) is 56.3. The fraction of sp³-hybridized carbons (Fsp3) is 1.00. The normalized spacial score (nSPS) is 36.7. The Balaban J connectivity index is 0.000000251. The Bertz CT molecular complexity index is 2750. The van der Waals surface area contributed by atoms with Gasteiger partial charge in [-0.25, -0.2) is 30.7 Å². The summed E-state index contributed by atoms with van der Waals surface area (Å²) in [4.78, 5) is 30.2. The molecule has 1 saturated carbocycles. The highest BCUT2D eigenvalue weighted by Crippen LogP contribution is 2.60. The van der Waals surface area contributed by atoms with Crippen LogP contribution < -0.4 is 27.8 Å². The predicted molar refractivity (Wildman–Crippen MR) is 507 cm³/mol. The van der Waals surface area contributed by atoms with Crippen molar-refractivity contribution in [2.45, 2.75) is 464 Å². The summed E-state index contributed by atoms with van der Waals surface area (Å²) in [6, 6.07) is 3.98. The second-order valence-corrected chi connectivity index (χ2v) is 48.2. The lowest BCUT2D eigenvalue weighted by Gasteiger charge is -2.42. The van der Waals surface area contributed by atoms with Crippen molar-refractivity contribution in [3.63, 3.8) is 0 Å². The molecule has 0 aromatic rings. The molecule has 19 nitrogen and oxygen atoms in total. The lowest BCUT2D eigenvalue weighted by molar-refractivity contribution is 0.00160. The molecule has 0 aromatic heterocycles. The minimum Gasteiger partial charge on any atom is -0.379 e. The van der Waals surface area contributed by atoms with Crippen LogP contribution in [0.4, 0.5) is 30.7 Å². The molecule has 123 heavy (non-hydrogen) atoms. The van der Waals surface area contributed by atoms with E-state index in [-0.39, 0.29) is 81.1 Å². The van der Waals surface area contributed by atoms with Gasteiger partial charge in [-0.05, 0) is 314 Å². The smallest absolute Gasteiger partial charge is 0.118 e. The van der Waals surface area contributed by atoms with Crippen molar-refractivity contribution in [3.05, 3.63) is 0 Å². The molecule has 12 rings (SSSR count). The molecule has 0 aromatic carbocycles. The van der Waals surface area contributed by atoms with Gasteiger partial charge in [0.1, 0.15) is 43.2 Å². The summed E-state index contributed by atoms with van der Waals surface area (Å²) in [7, 11) is 8.04. The number of hydrogen-bond donors (Lipinski definition) is 5. The summed E-state index contributed by atoms with van der Waals surface area (Å²) in [5, 5.41) is 6.70. The number of alkyl halides is 7. The Morgan fingerprint density at radius 1 is 0.301 bits per heavy atom. The number of piperazine rings is 2. The summed E-state index contributed by atoms with van der Waals surface area (Å²) in [6.45, 7) is 87.4. The number of halogens is 7. The SMILES string of the molecule is C[C@@H]1C[C@@H](F)C(CN(C)C)N1C(C)(C)C.C[C@@H]1C[C@@H](F)C(CN)N1C(C)(C)C.C[C@@H]1C[C@@H](F)[C@@H](CN(C)C)N1C(C)(C)C.C[C@@H]1C[C@@H](F)[C@@H](CN)N1C(C)(C)C.C[C@@H]1C[C@@H](F)[C@@H](CN2CCNCC2)N1C(C)(C)C.C[C@@H]1C[C@@H](F)[C@H](CN2CCNCC2)N1C(C)(C)C.C[C@@H]1C[C@@H](F)[C@H](CN2CCOCC2)N1C(C)(C)C.C[C@@H]1C[C@@]2(CN)CC2N1C(C)(C)C. The average molecular weight is 1760 g/mol. The van der Waals surface area contributed by atoms with E-state index in [2.05, 4.69) is 296 Å². The van der Waals surface area contributed by atoms with Crippen LogP contribution in [0.3, 0.4) is 0 Å². The summed E-state index contributed by atoms with van der Waals surface area (Å²) in [5.41, 5.74) is 18.2. The second-order valence-electron chi connectivity index (χ2n) is 48.2. The molecule has 11 saturated heterocycles. The zero-order valence-electron chi connectivity index (χ0n) is 85.9. The first-order valence-corrected chi connectivity index (χ1v) is 48.6. The maximum absolute atomic E-state index is 14.3. The van der Waals surface area contributed by atoms with E-state index < -0.39 is 43.2 Å². The number of hydrogen-bond acceptors (Lipinski definition) is 19. The monoisotopic (exact) mass is 1760 g/mol. The lowest BCUT2D eigenvalue weighted by Crippen LogP contribution is -2.55. The first-order valence-electron chi connectivity index (χ1n) is 48.6. The molecule has 0 radical (unpaired) electrons. The molecule has 11 aliphatic heterocycles. The third kappa shape index (κ3) is 31.7. The van der Waals surface area contributed by atoms with E-state index in [1.165, 1.54) is 12.8 Å². The molecule has 24 atom stereocenters. The van der Waals surface area contributed by atoms with Crippen LogP contribution in [0.1, 0.15) is 279 Å². The van der Waals surface area contributed by atoms with Gasteiger partial charge in [0.2, 0.25) is 0 Å². The number of nitrogens with two attached hydrogens (primary N) is 3. The van der Waals surface area contributed by atoms with Gasteiger partial charge in [0.05, 0.1) is 55.5 Å². The minimum atomic E-state index is -0.751. The van der Waals surface area contributed by atoms with Crippen molar-refractivity contribution in [2.75, 3.05) is 159 Å². The van der Waals surface area contributed by atoms with Gasteiger partial charge < -0.3 is 42.4 Å². The van der Waals surface area contributed by atoms with Crippen molar-refractivity contribution < 1.29 is 35.5 Å². The van der Waals surface area contributed by atoms with E-state index in [1.54, 1.807) is 0 Å². The Morgan fingerprint density at radius 2 is 0.512 bits per heavy atom. The van der Waals surface area contributed by atoms with Crippen molar-refractivity contribution in [1.82, 2.24) is 74.3 Å². The van der Waals surface area contributed by atoms with E-state index in [0.717, 1.165) is 130 Å². The van der Waals surface area contributed by atoms with Gasteiger partial charge >= 0.3 is 0 Å². The van der Waals surface area contributed by atoms with Crippen LogP contribution in [-0.4, -0.2) is 407 Å². The number of likely N-dealkylation sites (tertiary alicyclic amines) is 8. The molecule has 0 spiro atoms. The topological polar surface area (TPSA) is 153 Å². The number of nitrogens with zero attached hydrogens (tertiary/aromatic N) is 13. The van der Waals surface area contributed by atoms with E-state index in [4.69, 9.17) is 21.9 Å². The Labute approximate surface area is 751 Å². The molecule has 730 valence electrons. The minimum absolute atomic E-state index is 0.0181. The zero-order valence-corrected chi connectivity index (χ0v) is 85.9. The summed E-state index contributed by atoms with van der Waals surface area (Å²) in [6.07, 6.45) is 2.40. The molecule has 12 fully saturated rings. The zero-order chi connectivity index (χ0) is 93.9. The molecular weight excluding hydrogens is 1570 g/mol. The van der Waals surface area contributed by atoms with Crippen LogP contribution in [0.2, 0.25) is 0 Å². The van der Waals surface area contributed by atoms with E-state index in [9.17, 15) is 30.7 Å². The maximum atomic E-state index is 14.3. The number of nitrogens with one attached hydrogen (secondary N) is 2. The molecule has 0 bridgehead atoms. The summed E-state index contributed by atoms with van der Waals surface area (Å²) >= 11 is 0. The lowest BCUT2D eigenvalue weighted by atomic mass is 10.00. The number of likely N-dealkylation sites (N-methyl/N-ethyl adjacent to an activating group) is 2. The van der Waals surface area contributed by atoms with Gasteiger partial charge in [0.15, 0.2) is 0 Å². The first kappa shape index (κ1) is 112. The Morgan fingerprint density at radius 3 is 0.707 bits per heavy atom. The fourth-order valence-electron chi connectivity index (χ4n) is 24.8. The van der Waals surface area contributed by atoms with Crippen LogP contribution in [0, 0.1) is 5.41 Å². The highest BCUT2D eigenvalue weighted by Gasteiger charge is 2.64.